The Balaban J connectivity index is 1.97. The number of carbonyl (C=O) groups excluding carboxylic acids is 1. The largest absolute Gasteiger partial charge is 0.278 e. The Morgan fingerprint density at radius 1 is 1.15 bits per heavy atom. The standard InChI is InChI=1S/C22H18ClN3O/c1-3-15-5-7-16(8-6-15)20-13-18(22(27)26-12-4-11-24-26)17-9-10-19(23)14(2)21(17)25-20/h4-13H,3H2,1-2H3. The number of hydrogen-bond donors (Lipinski definition) is 0. The first-order valence-electron chi connectivity index (χ1n) is 8.82. The van der Waals surface area contributed by atoms with Crippen LogP contribution in [0.4, 0.5) is 0 Å². The molecule has 4 aromatic rings. The summed E-state index contributed by atoms with van der Waals surface area (Å²) in [7, 11) is 0. The molecule has 0 aliphatic heterocycles. The predicted octanol–water partition coefficient (Wildman–Crippen LogP) is 5.31. The minimum Gasteiger partial charge on any atom is -0.267 e. The van der Waals surface area contributed by atoms with E-state index >= 15 is 0 Å². The Bertz CT molecular complexity index is 1130. The summed E-state index contributed by atoms with van der Waals surface area (Å²) in [5.41, 5.74) is 5.10. The minimum atomic E-state index is -0.194. The van der Waals surface area contributed by atoms with E-state index in [2.05, 4.69) is 24.2 Å². The zero-order valence-electron chi connectivity index (χ0n) is 15.1. The molecule has 0 amide bonds. The molecular weight excluding hydrogens is 358 g/mol. The van der Waals surface area contributed by atoms with Crippen molar-refractivity contribution in [3.63, 3.8) is 0 Å². The van der Waals surface area contributed by atoms with Crippen LogP contribution in [0.25, 0.3) is 22.2 Å². The van der Waals surface area contributed by atoms with Gasteiger partial charge in [-0.3, -0.25) is 4.79 Å². The molecule has 0 fully saturated rings. The van der Waals surface area contributed by atoms with Crippen LogP contribution in [0.1, 0.15) is 28.4 Å². The van der Waals surface area contributed by atoms with Crippen LogP contribution in [0.5, 0.6) is 0 Å². The van der Waals surface area contributed by atoms with E-state index in [1.54, 1.807) is 24.5 Å². The van der Waals surface area contributed by atoms with E-state index < -0.39 is 0 Å². The zero-order valence-corrected chi connectivity index (χ0v) is 15.9. The molecule has 0 radical (unpaired) electrons. The zero-order chi connectivity index (χ0) is 19.0. The van der Waals surface area contributed by atoms with Crippen LogP contribution < -0.4 is 0 Å². The minimum absolute atomic E-state index is 0.194. The van der Waals surface area contributed by atoms with E-state index in [-0.39, 0.29) is 5.91 Å². The van der Waals surface area contributed by atoms with Crippen molar-refractivity contribution in [2.45, 2.75) is 20.3 Å². The summed E-state index contributed by atoms with van der Waals surface area (Å²) < 4.78 is 1.34. The molecule has 2 heterocycles. The quantitative estimate of drug-likeness (QED) is 0.487. The fourth-order valence-electron chi connectivity index (χ4n) is 3.15. The van der Waals surface area contributed by atoms with Crippen LogP contribution >= 0.6 is 11.6 Å². The molecule has 0 unspecified atom stereocenters. The number of fused-ring (bicyclic) bond motifs is 1. The highest BCUT2D eigenvalue weighted by Gasteiger charge is 2.18. The normalized spacial score (nSPS) is 11.1. The Morgan fingerprint density at radius 3 is 2.59 bits per heavy atom. The summed E-state index contributed by atoms with van der Waals surface area (Å²) in [6, 6.07) is 15.5. The second-order valence-electron chi connectivity index (χ2n) is 6.43. The topological polar surface area (TPSA) is 47.8 Å². The summed E-state index contributed by atoms with van der Waals surface area (Å²) in [5, 5.41) is 5.49. The summed E-state index contributed by atoms with van der Waals surface area (Å²) in [4.78, 5) is 17.9. The Labute approximate surface area is 162 Å². The molecule has 0 spiro atoms. The maximum absolute atomic E-state index is 13.0. The lowest BCUT2D eigenvalue weighted by Gasteiger charge is -2.12. The molecule has 2 aromatic heterocycles. The van der Waals surface area contributed by atoms with E-state index in [0.29, 0.717) is 10.6 Å². The van der Waals surface area contributed by atoms with E-state index in [1.165, 1.54) is 10.2 Å². The first-order valence-corrected chi connectivity index (χ1v) is 9.20. The Morgan fingerprint density at radius 2 is 1.93 bits per heavy atom. The maximum atomic E-state index is 13.0. The molecule has 4 rings (SSSR count). The molecule has 27 heavy (non-hydrogen) atoms. The summed E-state index contributed by atoms with van der Waals surface area (Å²) >= 11 is 6.31. The van der Waals surface area contributed by atoms with E-state index in [1.807, 2.05) is 31.2 Å². The number of aryl methyl sites for hydroxylation is 2. The van der Waals surface area contributed by atoms with Gasteiger partial charge in [0, 0.05) is 28.4 Å². The SMILES string of the molecule is CCc1ccc(-c2cc(C(=O)n3cccn3)c3ccc(Cl)c(C)c3n2)cc1. The summed E-state index contributed by atoms with van der Waals surface area (Å²) in [6.45, 7) is 4.04. The van der Waals surface area contributed by atoms with Crippen molar-refractivity contribution in [3.8, 4) is 11.3 Å². The van der Waals surface area contributed by atoms with Gasteiger partial charge in [-0.15, -0.1) is 0 Å². The fraction of sp³-hybridized carbons (Fsp3) is 0.136. The highest BCUT2D eigenvalue weighted by molar-refractivity contribution is 6.32. The van der Waals surface area contributed by atoms with Crippen LogP contribution in [-0.2, 0) is 6.42 Å². The smallest absolute Gasteiger partial charge is 0.267 e. The van der Waals surface area contributed by atoms with E-state index in [9.17, 15) is 4.79 Å². The van der Waals surface area contributed by atoms with Gasteiger partial charge in [0.25, 0.3) is 5.91 Å². The molecule has 0 saturated carbocycles. The fourth-order valence-corrected chi connectivity index (χ4v) is 3.31. The van der Waals surface area contributed by atoms with Gasteiger partial charge in [0.2, 0.25) is 0 Å². The predicted molar refractivity (Wildman–Crippen MR) is 108 cm³/mol. The van der Waals surface area contributed by atoms with Crippen molar-refractivity contribution in [1.29, 1.82) is 0 Å². The lowest BCUT2D eigenvalue weighted by atomic mass is 10.0. The average molecular weight is 376 g/mol. The molecule has 0 aliphatic carbocycles. The van der Waals surface area contributed by atoms with Gasteiger partial charge in [-0.05, 0) is 42.7 Å². The van der Waals surface area contributed by atoms with Crippen molar-refractivity contribution in [2.75, 3.05) is 0 Å². The Hall–Kier alpha value is -2.98. The van der Waals surface area contributed by atoms with Crippen molar-refractivity contribution in [2.24, 2.45) is 0 Å². The summed E-state index contributed by atoms with van der Waals surface area (Å²) in [5.74, 6) is -0.194. The van der Waals surface area contributed by atoms with Crippen LogP contribution in [0.3, 0.4) is 0 Å². The molecule has 0 bridgehead atoms. The second kappa shape index (κ2) is 6.97. The molecule has 0 N–H and O–H groups in total. The highest BCUT2D eigenvalue weighted by Crippen LogP contribution is 2.30. The molecule has 0 aliphatic rings. The monoisotopic (exact) mass is 375 g/mol. The molecular formula is C22H18ClN3O. The number of benzene rings is 2. The first kappa shape index (κ1) is 17.4. The third-order valence-electron chi connectivity index (χ3n) is 4.77. The van der Waals surface area contributed by atoms with Crippen molar-refractivity contribution < 1.29 is 4.79 Å². The van der Waals surface area contributed by atoms with Crippen LogP contribution in [0.2, 0.25) is 5.02 Å². The van der Waals surface area contributed by atoms with Gasteiger partial charge in [-0.1, -0.05) is 48.9 Å². The number of pyridine rings is 1. The lowest BCUT2D eigenvalue weighted by Crippen LogP contribution is -2.13. The summed E-state index contributed by atoms with van der Waals surface area (Å²) in [6.07, 6.45) is 4.21. The molecule has 134 valence electrons. The second-order valence-corrected chi connectivity index (χ2v) is 6.84. The van der Waals surface area contributed by atoms with Crippen LogP contribution in [-0.4, -0.2) is 20.7 Å². The van der Waals surface area contributed by atoms with Gasteiger partial charge >= 0.3 is 0 Å². The number of halogens is 1. The van der Waals surface area contributed by atoms with Gasteiger partial charge in [-0.2, -0.15) is 5.10 Å². The van der Waals surface area contributed by atoms with E-state index in [0.717, 1.165) is 34.1 Å². The molecule has 0 saturated heterocycles. The maximum Gasteiger partial charge on any atom is 0.278 e. The number of hydrogen-bond acceptors (Lipinski definition) is 3. The average Bonchev–Trinajstić information content (AvgIpc) is 3.24. The van der Waals surface area contributed by atoms with Gasteiger partial charge in [-0.25, -0.2) is 9.67 Å². The lowest BCUT2D eigenvalue weighted by molar-refractivity contribution is 0.0946. The van der Waals surface area contributed by atoms with Gasteiger partial charge in [0.15, 0.2) is 0 Å². The third kappa shape index (κ3) is 3.13. The number of aromatic nitrogens is 3. The molecule has 5 heteroatoms. The van der Waals surface area contributed by atoms with Crippen molar-refractivity contribution in [3.05, 3.63) is 82.6 Å². The van der Waals surface area contributed by atoms with E-state index in [4.69, 9.17) is 16.6 Å². The van der Waals surface area contributed by atoms with Crippen molar-refractivity contribution >= 4 is 28.4 Å². The van der Waals surface area contributed by atoms with Crippen LogP contribution in [0, 0.1) is 6.92 Å². The van der Waals surface area contributed by atoms with Gasteiger partial charge in [0.1, 0.15) is 0 Å². The third-order valence-corrected chi connectivity index (χ3v) is 5.18. The van der Waals surface area contributed by atoms with Crippen molar-refractivity contribution in [1.82, 2.24) is 14.8 Å². The highest BCUT2D eigenvalue weighted by atomic mass is 35.5. The number of rotatable bonds is 3. The van der Waals surface area contributed by atoms with Gasteiger partial charge in [0.05, 0.1) is 16.8 Å². The number of nitrogens with zero attached hydrogens (tertiary/aromatic N) is 3. The Kier molecular flexibility index (Phi) is 4.50. The molecule has 2 aromatic carbocycles. The molecule has 0 atom stereocenters. The van der Waals surface area contributed by atoms with Crippen LogP contribution in [0.15, 0.2) is 60.9 Å². The van der Waals surface area contributed by atoms with Gasteiger partial charge < -0.3 is 0 Å². The number of carbonyl (C=O) groups is 1. The first-order chi connectivity index (χ1) is 13.1. The molecule has 4 nitrogen and oxygen atoms in total.